The number of hydrogen-bond donors (Lipinski definition) is 1. The van der Waals surface area contributed by atoms with Crippen LogP contribution in [0.5, 0.6) is 0 Å². The van der Waals surface area contributed by atoms with E-state index in [1.165, 1.54) is 7.11 Å². The van der Waals surface area contributed by atoms with Gasteiger partial charge >= 0.3 is 12.0 Å². The number of nitrogens with one attached hydrogen (secondary N) is 1. The van der Waals surface area contributed by atoms with Gasteiger partial charge in [0, 0.05) is 5.71 Å². The zero-order valence-electron chi connectivity index (χ0n) is 10.1. The number of methoxy groups -OCH3 is 1. The molecule has 0 bridgehead atoms. The van der Waals surface area contributed by atoms with E-state index in [9.17, 15) is 9.59 Å². The first-order valence-corrected chi connectivity index (χ1v) is 6.91. The lowest BCUT2D eigenvalue weighted by molar-refractivity contribution is -0.144. The van der Waals surface area contributed by atoms with Crippen LogP contribution in [0.4, 0.5) is 4.79 Å². The molecule has 0 aliphatic carbocycles. The number of aliphatic imine (C=N–C) groups is 1. The third-order valence-corrected chi connectivity index (χ3v) is 4.48. The number of nitrogens with zero attached hydrogens (tertiary/aromatic N) is 1. The lowest BCUT2D eigenvalue weighted by Crippen LogP contribution is -2.43. The Morgan fingerprint density at radius 1 is 1.53 bits per heavy atom. The number of carbonyl (C=O) groups is 2. The van der Waals surface area contributed by atoms with Crippen molar-refractivity contribution in [2.75, 3.05) is 7.11 Å². The van der Waals surface area contributed by atoms with Crippen molar-refractivity contribution in [3.05, 3.63) is 21.0 Å². The lowest BCUT2D eigenvalue weighted by atomic mass is 9.92. The fourth-order valence-electron chi connectivity index (χ4n) is 1.91. The molecule has 2 atom stereocenters. The Morgan fingerprint density at radius 2 is 2.21 bits per heavy atom. The van der Waals surface area contributed by atoms with Crippen molar-refractivity contribution in [3.63, 3.8) is 0 Å². The van der Waals surface area contributed by atoms with Crippen molar-refractivity contribution < 1.29 is 18.7 Å². The van der Waals surface area contributed by atoms with Gasteiger partial charge in [0.2, 0.25) is 0 Å². The van der Waals surface area contributed by atoms with Crippen LogP contribution >= 0.6 is 31.9 Å². The molecule has 1 aliphatic heterocycles. The van der Waals surface area contributed by atoms with Gasteiger partial charge in [0.05, 0.1) is 11.6 Å². The molecular formula is C11H10Br2N2O4. The van der Waals surface area contributed by atoms with Crippen LogP contribution in [-0.4, -0.2) is 24.8 Å². The quantitative estimate of drug-likeness (QED) is 0.783. The summed E-state index contributed by atoms with van der Waals surface area (Å²) in [6, 6.07) is 0.537. The number of urea groups is 1. The number of esters is 1. The van der Waals surface area contributed by atoms with Gasteiger partial charge in [-0.2, -0.15) is 0 Å². The molecule has 0 spiro atoms. The molecule has 102 valence electrons. The van der Waals surface area contributed by atoms with Gasteiger partial charge in [-0.05, 0) is 44.8 Å². The van der Waals surface area contributed by atoms with Gasteiger partial charge in [-0.15, -0.1) is 0 Å². The first-order chi connectivity index (χ1) is 8.93. The molecule has 0 radical (unpaired) electrons. The molecule has 1 aromatic rings. The van der Waals surface area contributed by atoms with Crippen LogP contribution in [0, 0.1) is 5.92 Å². The third-order valence-electron chi connectivity index (χ3n) is 2.77. The van der Waals surface area contributed by atoms with Crippen molar-refractivity contribution in [1.29, 1.82) is 0 Å². The highest BCUT2D eigenvalue weighted by Gasteiger charge is 2.39. The maximum atomic E-state index is 11.8. The molecule has 19 heavy (non-hydrogen) atoms. The van der Waals surface area contributed by atoms with Gasteiger partial charge in [0.15, 0.2) is 4.67 Å². The molecule has 6 nitrogen and oxygen atoms in total. The van der Waals surface area contributed by atoms with Crippen molar-refractivity contribution in [1.82, 2.24) is 5.32 Å². The van der Waals surface area contributed by atoms with E-state index in [0.717, 1.165) is 0 Å². The summed E-state index contributed by atoms with van der Waals surface area (Å²) in [6.07, 6.45) is 0. The second-order valence-corrected chi connectivity index (χ2v) is 5.53. The van der Waals surface area contributed by atoms with Crippen LogP contribution in [-0.2, 0) is 9.53 Å². The lowest BCUT2D eigenvalue weighted by Gasteiger charge is -2.27. The molecule has 0 aromatic carbocycles. The fourth-order valence-corrected chi connectivity index (χ4v) is 2.51. The van der Waals surface area contributed by atoms with Gasteiger partial charge in [-0.25, -0.2) is 9.79 Å². The number of hydrogen-bond acceptors (Lipinski definition) is 4. The summed E-state index contributed by atoms with van der Waals surface area (Å²) in [7, 11) is 1.29. The molecule has 2 unspecified atom stereocenters. The minimum Gasteiger partial charge on any atom is -0.468 e. The highest BCUT2D eigenvalue weighted by molar-refractivity contribution is 9.13. The molecule has 2 rings (SSSR count). The molecular weight excluding hydrogens is 384 g/mol. The van der Waals surface area contributed by atoms with E-state index in [4.69, 9.17) is 9.15 Å². The van der Waals surface area contributed by atoms with Crippen LogP contribution < -0.4 is 5.32 Å². The van der Waals surface area contributed by atoms with E-state index in [1.54, 1.807) is 13.0 Å². The van der Waals surface area contributed by atoms with Crippen molar-refractivity contribution in [3.8, 4) is 0 Å². The number of carbonyl (C=O) groups excluding carboxylic acids is 2. The van der Waals surface area contributed by atoms with E-state index in [-0.39, 0.29) is 0 Å². The predicted molar refractivity (Wildman–Crippen MR) is 74.0 cm³/mol. The Labute approximate surface area is 125 Å². The zero-order chi connectivity index (χ0) is 14.2. The number of ether oxygens (including phenoxy) is 1. The first kappa shape index (κ1) is 14.3. The summed E-state index contributed by atoms with van der Waals surface area (Å²) < 4.78 is 11.4. The third kappa shape index (κ3) is 2.74. The monoisotopic (exact) mass is 392 g/mol. The number of furan rings is 1. The highest BCUT2D eigenvalue weighted by Crippen LogP contribution is 2.34. The summed E-state index contributed by atoms with van der Waals surface area (Å²) in [5, 5.41) is 2.61. The van der Waals surface area contributed by atoms with Gasteiger partial charge < -0.3 is 14.5 Å². The molecule has 2 amide bonds. The van der Waals surface area contributed by atoms with E-state index in [1.807, 2.05) is 0 Å². The van der Waals surface area contributed by atoms with Crippen LogP contribution in [0.2, 0.25) is 0 Å². The van der Waals surface area contributed by atoms with Crippen LogP contribution in [0.15, 0.2) is 24.6 Å². The summed E-state index contributed by atoms with van der Waals surface area (Å²) in [6.45, 7) is 1.61. The highest BCUT2D eigenvalue weighted by atomic mass is 79.9. The predicted octanol–water partition coefficient (Wildman–Crippen LogP) is 2.82. The molecule has 1 aliphatic rings. The second-order valence-electron chi connectivity index (χ2n) is 3.95. The number of rotatable bonds is 2. The average Bonchev–Trinajstić information content (AvgIpc) is 2.68. The van der Waals surface area contributed by atoms with Gasteiger partial charge in [0.1, 0.15) is 17.7 Å². The minimum absolute atomic E-state index is 0.393. The largest absolute Gasteiger partial charge is 0.468 e. The topological polar surface area (TPSA) is 80.9 Å². The minimum atomic E-state index is -0.701. The normalized spacial score (nSPS) is 22.7. The van der Waals surface area contributed by atoms with Gasteiger partial charge in [-0.3, -0.25) is 4.79 Å². The van der Waals surface area contributed by atoms with Gasteiger partial charge in [0.25, 0.3) is 0 Å². The second kappa shape index (κ2) is 5.46. The summed E-state index contributed by atoms with van der Waals surface area (Å²) in [4.78, 5) is 27.1. The summed E-state index contributed by atoms with van der Waals surface area (Å²) in [5.41, 5.74) is 0.393. The zero-order valence-corrected chi connectivity index (χ0v) is 13.2. The van der Waals surface area contributed by atoms with E-state index >= 15 is 0 Å². The van der Waals surface area contributed by atoms with Crippen molar-refractivity contribution in [2.45, 2.75) is 13.0 Å². The Balaban J connectivity index is 2.43. The number of halogens is 2. The number of amides is 2. The maximum Gasteiger partial charge on any atom is 0.341 e. The Morgan fingerprint density at radius 3 is 2.74 bits per heavy atom. The SMILES string of the molecule is COC(=O)C1C(C)=NC(=O)NC1c1cc(Br)c(Br)o1. The molecule has 1 aromatic heterocycles. The van der Waals surface area contributed by atoms with Crippen molar-refractivity contribution in [2.24, 2.45) is 10.9 Å². The summed E-state index contributed by atoms with van der Waals surface area (Å²) >= 11 is 6.50. The molecule has 0 saturated carbocycles. The van der Waals surface area contributed by atoms with Gasteiger partial charge in [-0.1, -0.05) is 0 Å². The molecule has 2 heterocycles. The Bertz CT molecular complexity index is 548. The van der Waals surface area contributed by atoms with Crippen LogP contribution in [0.1, 0.15) is 18.7 Å². The molecule has 0 fully saturated rings. The molecule has 0 saturated heterocycles. The maximum absolute atomic E-state index is 11.8. The average molecular weight is 394 g/mol. The molecule has 8 heteroatoms. The Kier molecular flexibility index (Phi) is 4.10. The Hall–Kier alpha value is -1.15. The van der Waals surface area contributed by atoms with Crippen LogP contribution in [0.25, 0.3) is 0 Å². The smallest absolute Gasteiger partial charge is 0.341 e. The van der Waals surface area contributed by atoms with E-state index in [0.29, 0.717) is 20.6 Å². The van der Waals surface area contributed by atoms with E-state index in [2.05, 4.69) is 42.2 Å². The fraction of sp³-hybridized carbons (Fsp3) is 0.364. The van der Waals surface area contributed by atoms with Crippen LogP contribution in [0.3, 0.4) is 0 Å². The van der Waals surface area contributed by atoms with E-state index < -0.39 is 24.0 Å². The van der Waals surface area contributed by atoms with Crippen molar-refractivity contribution >= 4 is 49.6 Å². The summed E-state index contributed by atoms with van der Waals surface area (Å²) in [5.74, 6) is -0.737. The standard InChI is InChI=1S/C11H10Br2N2O4/c1-4-7(10(16)18-2)8(15-11(17)14-4)6-3-5(12)9(13)19-6/h3,7-8H,1-2H3,(H,15,17). The molecule has 1 N–H and O–H groups in total. The first-order valence-electron chi connectivity index (χ1n) is 5.32.